The number of imide groups is 1. The van der Waals surface area contributed by atoms with Gasteiger partial charge in [-0.1, -0.05) is 24.3 Å². The zero-order chi connectivity index (χ0) is 24.3. The summed E-state index contributed by atoms with van der Waals surface area (Å²) in [4.78, 5) is 40.2. The highest BCUT2D eigenvalue weighted by atomic mass is 16.6. The number of piperidine rings is 3. The lowest BCUT2D eigenvalue weighted by Gasteiger charge is -2.38. The van der Waals surface area contributed by atoms with Crippen LogP contribution in [0.5, 0.6) is 0 Å². The zero-order valence-electron chi connectivity index (χ0n) is 20.8. The molecule has 1 aromatic rings. The van der Waals surface area contributed by atoms with E-state index >= 15 is 0 Å². The van der Waals surface area contributed by atoms with Crippen molar-refractivity contribution in [2.75, 3.05) is 32.7 Å². The van der Waals surface area contributed by atoms with Gasteiger partial charge in [0.15, 0.2) is 0 Å². The average molecular weight is 470 g/mol. The molecule has 7 nitrogen and oxygen atoms in total. The van der Waals surface area contributed by atoms with E-state index in [9.17, 15) is 14.4 Å². The summed E-state index contributed by atoms with van der Waals surface area (Å²) in [5, 5.41) is 2.45. The molecule has 3 amide bonds. The molecule has 7 heteroatoms. The summed E-state index contributed by atoms with van der Waals surface area (Å²) in [5.41, 5.74) is 1.91. The Hall–Kier alpha value is -2.41. The minimum atomic E-state index is -0.441. The third kappa shape index (κ3) is 6.38. The molecule has 1 aromatic carbocycles. The lowest BCUT2D eigenvalue weighted by molar-refractivity contribution is -0.134. The van der Waals surface area contributed by atoms with Gasteiger partial charge in [0.2, 0.25) is 11.8 Å². The molecule has 186 valence electrons. The van der Waals surface area contributed by atoms with Crippen molar-refractivity contribution in [3.8, 4) is 0 Å². The van der Waals surface area contributed by atoms with Gasteiger partial charge in [-0.25, -0.2) is 4.79 Å². The number of carbonyl (C=O) groups is 3. The van der Waals surface area contributed by atoms with Crippen LogP contribution in [-0.2, 0) is 14.3 Å². The van der Waals surface area contributed by atoms with Gasteiger partial charge in [-0.15, -0.1) is 0 Å². The molecule has 3 aliphatic rings. The van der Waals surface area contributed by atoms with Crippen LogP contribution in [0.15, 0.2) is 24.3 Å². The summed E-state index contributed by atoms with van der Waals surface area (Å²) in [5.74, 6) is 0.645. The van der Waals surface area contributed by atoms with Gasteiger partial charge in [-0.05, 0) is 88.9 Å². The SMILES string of the molecule is CC(C)(C)OC(=O)N1CCC(CN2CCC(c3ccc(C4CCC(=O)NC4=O)cc3)CC2)CC1. The second-order valence-electron chi connectivity index (χ2n) is 11.2. The third-order valence-corrected chi connectivity index (χ3v) is 7.42. The summed E-state index contributed by atoms with van der Waals surface area (Å²) >= 11 is 0. The lowest BCUT2D eigenvalue weighted by atomic mass is 9.85. The molecule has 1 unspecified atom stereocenters. The van der Waals surface area contributed by atoms with Gasteiger partial charge in [0, 0.05) is 26.1 Å². The normalized spacial score (nSPS) is 23.6. The van der Waals surface area contributed by atoms with Gasteiger partial charge in [-0.2, -0.15) is 0 Å². The van der Waals surface area contributed by atoms with E-state index in [1.165, 1.54) is 5.56 Å². The number of hydrogen-bond donors (Lipinski definition) is 1. The topological polar surface area (TPSA) is 79.0 Å². The van der Waals surface area contributed by atoms with Crippen LogP contribution in [0.2, 0.25) is 0 Å². The van der Waals surface area contributed by atoms with Crippen molar-refractivity contribution in [3.05, 3.63) is 35.4 Å². The Labute approximate surface area is 203 Å². The maximum atomic E-state index is 12.3. The number of carbonyl (C=O) groups excluding carboxylic acids is 3. The molecule has 1 N–H and O–H groups in total. The van der Waals surface area contributed by atoms with Crippen molar-refractivity contribution in [2.24, 2.45) is 5.92 Å². The van der Waals surface area contributed by atoms with Crippen LogP contribution in [0.1, 0.15) is 82.3 Å². The van der Waals surface area contributed by atoms with Crippen molar-refractivity contribution >= 4 is 17.9 Å². The summed E-state index contributed by atoms with van der Waals surface area (Å²) in [6, 6.07) is 8.48. The Balaban J connectivity index is 1.20. The third-order valence-electron chi connectivity index (χ3n) is 7.42. The smallest absolute Gasteiger partial charge is 0.410 e. The Morgan fingerprint density at radius 1 is 0.941 bits per heavy atom. The van der Waals surface area contributed by atoms with Gasteiger partial charge in [0.1, 0.15) is 5.60 Å². The van der Waals surface area contributed by atoms with Crippen LogP contribution in [0.4, 0.5) is 4.79 Å². The minimum Gasteiger partial charge on any atom is -0.444 e. The molecule has 0 aliphatic carbocycles. The highest BCUT2D eigenvalue weighted by Crippen LogP contribution is 2.32. The highest BCUT2D eigenvalue weighted by molar-refractivity contribution is 6.00. The molecule has 4 rings (SSSR count). The van der Waals surface area contributed by atoms with Crippen LogP contribution in [0, 0.1) is 5.92 Å². The number of nitrogens with one attached hydrogen (secondary N) is 1. The summed E-state index contributed by atoms with van der Waals surface area (Å²) in [7, 11) is 0. The Morgan fingerprint density at radius 3 is 2.15 bits per heavy atom. The van der Waals surface area contributed by atoms with E-state index in [1.54, 1.807) is 0 Å². The minimum absolute atomic E-state index is 0.168. The molecule has 34 heavy (non-hydrogen) atoms. The van der Waals surface area contributed by atoms with Crippen LogP contribution < -0.4 is 5.32 Å². The molecule has 0 saturated carbocycles. The Kier molecular flexibility index (Phi) is 7.60. The molecule has 3 heterocycles. The van der Waals surface area contributed by atoms with Crippen molar-refractivity contribution in [1.29, 1.82) is 0 Å². The maximum Gasteiger partial charge on any atom is 0.410 e. The molecule has 3 aliphatic heterocycles. The van der Waals surface area contributed by atoms with Crippen molar-refractivity contribution < 1.29 is 19.1 Å². The van der Waals surface area contributed by atoms with Crippen LogP contribution in [-0.4, -0.2) is 66.0 Å². The van der Waals surface area contributed by atoms with Gasteiger partial charge in [-0.3, -0.25) is 14.9 Å². The molecule has 0 radical (unpaired) electrons. The first kappa shape index (κ1) is 24.7. The van der Waals surface area contributed by atoms with E-state index in [1.807, 2.05) is 25.7 Å². The zero-order valence-corrected chi connectivity index (χ0v) is 20.8. The molecule has 3 fully saturated rings. The maximum absolute atomic E-state index is 12.3. The molecular formula is C27H39N3O4. The predicted molar refractivity (Wildman–Crippen MR) is 131 cm³/mol. The molecule has 1 atom stereocenters. The largest absolute Gasteiger partial charge is 0.444 e. The first-order chi connectivity index (χ1) is 16.2. The summed E-state index contributed by atoms with van der Waals surface area (Å²) < 4.78 is 5.51. The molecule has 3 saturated heterocycles. The van der Waals surface area contributed by atoms with Crippen LogP contribution in [0.3, 0.4) is 0 Å². The second kappa shape index (κ2) is 10.5. The number of benzene rings is 1. The van der Waals surface area contributed by atoms with Crippen LogP contribution in [0.25, 0.3) is 0 Å². The number of ether oxygens (including phenoxy) is 1. The fourth-order valence-corrected chi connectivity index (χ4v) is 5.45. The first-order valence-corrected chi connectivity index (χ1v) is 12.8. The Bertz CT molecular complexity index is 876. The number of nitrogens with zero attached hydrogens (tertiary/aromatic N) is 2. The molecule has 0 bridgehead atoms. The highest BCUT2D eigenvalue weighted by Gasteiger charge is 2.30. The van der Waals surface area contributed by atoms with Crippen molar-refractivity contribution in [1.82, 2.24) is 15.1 Å². The van der Waals surface area contributed by atoms with Gasteiger partial charge < -0.3 is 14.5 Å². The van der Waals surface area contributed by atoms with Crippen LogP contribution >= 0.6 is 0 Å². The quantitative estimate of drug-likeness (QED) is 0.674. The van der Waals surface area contributed by atoms with E-state index in [0.717, 1.165) is 64.0 Å². The summed E-state index contributed by atoms with van der Waals surface area (Å²) in [6.07, 6.45) is 5.20. The average Bonchev–Trinajstić information content (AvgIpc) is 2.79. The standard InChI is InChI=1S/C27H39N3O4/c1-27(2,3)34-26(33)30-16-10-19(11-17-30)18-29-14-12-21(13-15-29)20-4-6-22(7-5-20)23-8-9-24(31)28-25(23)32/h4-7,19,21,23H,8-18H2,1-3H3,(H,28,31,32). The molecule has 0 aromatic heterocycles. The van der Waals surface area contributed by atoms with E-state index in [0.29, 0.717) is 24.7 Å². The van der Waals surface area contributed by atoms with E-state index in [4.69, 9.17) is 4.74 Å². The molecule has 0 spiro atoms. The molecular weight excluding hydrogens is 430 g/mol. The predicted octanol–water partition coefficient (Wildman–Crippen LogP) is 4.03. The number of rotatable bonds is 4. The van der Waals surface area contributed by atoms with Gasteiger partial charge >= 0.3 is 6.09 Å². The number of hydrogen-bond acceptors (Lipinski definition) is 5. The second-order valence-corrected chi connectivity index (χ2v) is 11.2. The van der Waals surface area contributed by atoms with Crippen molar-refractivity contribution in [3.63, 3.8) is 0 Å². The first-order valence-electron chi connectivity index (χ1n) is 12.8. The lowest BCUT2D eigenvalue weighted by Crippen LogP contribution is -2.44. The van der Waals surface area contributed by atoms with E-state index in [2.05, 4.69) is 34.5 Å². The van der Waals surface area contributed by atoms with Crippen molar-refractivity contribution in [2.45, 2.75) is 76.7 Å². The van der Waals surface area contributed by atoms with Gasteiger partial charge in [0.05, 0.1) is 5.92 Å². The van der Waals surface area contributed by atoms with E-state index in [-0.39, 0.29) is 23.8 Å². The number of amides is 3. The fourth-order valence-electron chi connectivity index (χ4n) is 5.45. The van der Waals surface area contributed by atoms with Gasteiger partial charge in [0.25, 0.3) is 0 Å². The Morgan fingerprint density at radius 2 is 1.56 bits per heavy atom. The fraction of sp³-hybridized carbons (Fsp3) is 0.667. The monoisotopic (exact) mass is 469 g/mol. The van der Waals surface area contributed by atoms with E-state index < -0.39 is 5.60 Å². The summed E-state index contributed by atoms with van der Waals surface area (Å²) in [6.45, 7) is 10.6. The number of likely N-dealkylation sites (tertiary alicyclic amines) is 2.